The summed E-state index contributed by atoms with van der Waals surface area (Å²) in [5.41, 5.74) is 1.64. The van der Waals surface area contributed by atoms with Gasteiger partial charge in [0, 0.05) is 10.6 Å². The third-order valence-electron chi connectivity index (χ3n) is 1.92. The highest BCUT2D eigenvalue weighted by atomic mass is 79.9. The van der Waals surface area contributed by atoms with Crippen LogP contribution >= 0.6 is 15.9 Å². The van der Waals surface area contributed by atoms with Crippen molar-refractivity contribution in [3.8, 4) is 0 Å². The fourth-order valence-corrected chi connectivity index (χ4v) is 1.67. The van der Waals surface area contributed by atoms with E-state index in [9.17, 15) is 4.79 Å². The lowest BCUT2D eigenvalue weighted by Gasteiger charge is -2.03. The van der Waals surface area contributed by atoms with Gasteiger partial charge in [0.2, 0.25) is 0 Å². The molecule has 0 saturated carbocycles. The van der Waals surface area contributed by atoms with Crippen molar-refractivity contribution >= 4 is 33.1 Å². The van der Waals surface area contributed by atoms with Gasteiger partial charge in [0.05, 0.1) is 11.4 Å². The van der Waals surface area contributed by atoms with Gasteiger partial charge in [0.15, 0.2) is 5.78 Å². The summed E-state index contributed by atoms with van der Waals surface area (Å²) in [7, 11) is 0. The summed E-state index contributed by atoms with van der Waals surface area (Å²) in [4.78, 5) is 15.4. The number of nitrogens with zero attached hydrogens (tertiary/aromatic N) is 1. The number of hydrogen-bond acceptors (Lipinski definition) is 2. The highest BCUT2D eigenvalue weighted by Crippen LogP contribution is 2.18. The van der Waals surface area contributed by atoms with E-state index in [0.717, 1.165) is 15.9 Å². The van der Waals surface area contributed by atoms with Crippen LogP contribution in [0.3, 0.4) is 0 Å². The second kappa shape index (κ2) is 4.36. The highest BCUT2D eigenvalue weighted by Gasteiger charge is 2.08. The fraction of sp³-hybridized carbons (Fsp3) is 0. The molecule has 1 aliphatic carbocycles. The largest absolute Gasteiger partial charge is 0.290 e. The Labute approximate surface area is 96.2 Å². The lowest BCUT2D eigenvalue weighted by molar-refractivity contribution is -0.110. The van der Waals surface area contributed by atoms with E-state index in [2.05, 4.69) is 20.9 Å². The van der Waals surface area contributed by atoms with Crippen molar-refractivity contribution in [1.82, 2.24) is 0 Å². The minimum atomic E-state index is -0.0195. The normalized spacial score (nSPS) is 18.1. The molecular formula is C12H8BrNO. The molecule has 3 heteroatoms. The quantitative estimate of drug-likeness (QED) is 0.715. The van der Waals surface area contributed by atoms with Crippen LogP contribution in [0.4, 0.5) is 5.69 Å². The van der Waals surface area contributed by atoms with Crippen LogP contribution in [-0.2, 0) is 4.79 Å². The molecule has 0 unspecified atom stereocenters. The van der Waals surface area contributed by atoms with Crippen LogP contribution < -0.4 is 0 Å². The molecular weight excluding hydrogens is 254 g/mol. The predicted molar refractivity (Wildman–Crippen MR) is 64.7 cm³/mol. The van der Waals surface area contributed by atoms with Crippen LogP contribution in [0.5, 0.6) is 0 Å². The van der Waals surface area contributed by atoms with E-state index >= 15 is 0 Å². The third-order valence-corrected chi connectivity index (χ3v) is 2.56. The second-order valence-corrected chi connectivity index (χ2v) is 3.91. The Morgan fingerprint density at radius 3 is 2.47 bits per heavy atom. The third kappa shape index (κ3) is 2.50. The summed E-state index contributed by atoms with van der Waals surface area (Å²) in [6.07, 6.45) is 4.73. The number of carbonyl (C=O) groups is 1. The summed E-state index contributed by atoms with van der Waals surface area (Å²) in [6, 6.07) is 9.62. The molecule has 2 rings (SSSR count). The van der Waals surface area contributed by atoms with Crippen LogP contribution in [-0.4, -0.2) is 11.5 Å². The van der Waals surface area contributed by atoms with Crippen LogP contribution in [0.25, 0.3) is 0 Å². The first-order valence-electron chi connectivity index (χ1n) is 4.49. The van der Waals surface area contributed by atoms with Crippen LogP contribution in [0, 0.1) is 0 Å². The van der Waals surface area contributed by atoms with Gasteiger partial charge in [0.1, 0.15) is 0 Å². The monoisotopic (exact) mass is 261 g/mol. The maximum absolute atomic E-state index is 11.0. The molecule has 2 nitrogen and oxygen atoms in total. The number of rotatable bonds is 1. The zero-order valence-electron chi connectivity index (χ0n) is 7.85. The molecule has 0 spiro atoms. The molecule has 0 N–H and O–H groups in total. The zero-order valence-corrected chi connectivity index (χ0v) is 9.44. The first-order chi connectivity index (χ1) is 7.25. The van der Waals surface area contributed by atoms with Gasteiger partial charge in [-0.25, -0.2) is 4.99 Å². The molecule has 0 amide bonds. The molecule has 0 saturated heterocycles. The van der Waals surface area contributed by atoms with E-state index in [1.807, 2.05) is 30.3 Å². The van der Waals surface area contributed by atoms with E-state index in [4.69, 9.17) is 0 Å². The van der Waals surface area contributed by atoms with Crippen molar-refractivity contribution in [3.05, 3.63) is 53.0 Å². The molecule has 0 atom stereocenters. The number of para-hydroxylation sites is 1. The number of halogens is 1. The van der Waals surface area contributed by atoms with Crippen LogP contribution in [0.15, 0.2) is 58.0 Å². The molecule has 0 bridgehead atoms. The maximum atomic E-state index is 11.0. The Balaban J connectivity index is 2.33. The Bertz CT molecular complexity index is 472. The summed E-state index contributed by atoms with van der Waals surface area (Å²) in [5, 5.41) is 0. The number of benzene rings is 1. The first-order valence-corrected chi connectivity index (χ1v) is 5.28. The zero-order chi connectivity index (χ0) is 10.7. The topological polar surface area (TPSA) is 29.4 Å². The average molecular weight is 262 g/mol. The molecule has 0 aliphatic heterocycles. The molecule has 0 radical (unpaired) electrons. The minimum Gasteiger partial charge on any atom is -0.290 e. The van der Waals surface area contributed by atoms with Crippen LogP contribution in [0.1, 0.15) is 0 Å². The maximum Gasteiger partial charge on any atom is 0.179 e. The van der Waals surface area contributed by atoms with Gasteiger partial charge in [-0.1, -0.05) is 18.2 Å². The number of aliphatic imine (C=N–C) groups is 1. The number of hydrogen-bond donors (Lipinski definition) is 0. The number of ketones is 1. The second-order valence-electron chi connectivity index (χ2n) is 3.06. The number of carbonyl (C=O) groups excluding carboxylic acids is 1. The van der Waals surface area contributed by atoms with Gasteiger partial charge in [-0.05, 0) is 40.2 Å². The number of allylic oxidation sites excluding steroid dienone is 4. The summed E-state index contributed by atoms with van der Waals surface area (Å²) < 4.78 is 0.721. The van der Waals surface area contributed by atoms with Crippen molar-refractivity contribution in [2.45, 2.75) is 0 Å². The van der Waals surface area contributed by atoms with Crippen LogP contribution in [0.2, 0.25) is 0 Å². The van der Waals surface area contributed by atoms with Gasteiger partial charge < -0.3 is 0 Å². The molecule has 1 aliphatic rings. The standard InChI is InChI=1S/C12H8BrNO/c13-11-8-10(15)6-7-12(11)14-9-4-2-1-3-5-9/h1-8H. The van der Waals surface area contributed by atoms with Gasteiger partial charge in [-0.2, -0.15) is 0 Å². The lowest BCUT2D eigenvalue weighted by atomic mass is 10.1. The Morgan fingerprint density at radius 1 is 1.07 bits per heavy atom. The van der Waals surface area contributed by atoms with Crippen molar-refractivity contribution in [2.75, 3.05) is 0 Å². The summed E-state index contributed by atoms with van der Waals surface area (Å²) in [5.74, 6) is -0.0195. The Morgan fingerprint density at radius 2 is 1.80 bits per heavy atom. The molecule has 0 heterocycles. The molecule has 0 fully saturated rings. The smallest absolute Gasteiger partial charge is 0.179 e. The summed E-state index contributed by atoms with van der Waals surface area (Å²) >= 11 is 3.31. The van der Waals surface area contributed by atoms with Gasteiger partial charge in [-0.15, -0.1) is 0 Å². The predicted octanol–water partition coefficient (Wildman–Crippen LogP) is 3.18. The van der Waals surface area contributed by atoms with Gasteiger partial charge in [-0.3, -0.25) is 4.79 Å². The van der Waals surface area contributed by atoms with Crippen molar-refractivity contribution in [2.24, 2.45) is 4.99 Å². The molecule has 1 aromatic carbocycles. The molecule has 74 valence electrons. The molecule has 0 aromatic heterocycles. The van der Waals surface area contributed by atoms with Crippen molar-refractivity contribution in [3.63, 3.8) is 0 Å². The molecule has 1 aromatic rings. The molecule has 15 heavy (non-hydrogen) atoms. The summed E-state index contributed by atoms with van der Waals surface area (Å²) in [6.45, 7) is 0. The van der Waals surface area contributed by atoms with Crippen molar-refractivity contribution < 1.29 is 4.79 Å². The van der Waals surface area contributed by atoms with E-state index in [0.29, 0.717) is 0 Å². The Kier molecular flexibility index (Phi) is 2.92. The first kappa shape index (κ1) is 10.1. The average Bonchev–Trinajstić information content (AvgIpc) is 2.24. The Hall–Kier alpha value is -1.48. The van der Waals surface area contributed by atoms with E-state index in [1.165, 1.54) is 12.2 Å². The van der Waals surface area contributed by atoms with E-state index < -0.39 is 0 Å². The minimum absolute atomic E-state index is 0.0195. The lowest BCUT2D eigenvalue weighted by Crippen LogP contribution is -2.02. The fourth-order valence-electron chi connectivity index (χ4n) is 1.22. The van der Waals surface area contributed by atoms with Crippen molar-refractivity contribution in [1.29, 1.82) is 0 Å². The van der Waals surface area contributed by atoms with E-state index in [1.54, 1.807) is 6.08 Å². The van der Waals surface area contributed by atoms with Gasteiger partial charge >= 0.3 is 0 Å². The van der Waals surface area contributed by atoms with E-state index in [-0.39, 0.29) is 5.78 Å². The van der Waals surface area contributed by atoms with Gasteiger partial charge in [0.25, 0.3) is 0 Å². The highest BCUT2D eigenvalue weighted by molar-refractivity contribution is 9.12. The SMILES string of the molecule is O=C1C=CC(=Nc2ccccc2)C(Br)=C1.